The minimum atomic E-state index is -0.0725. The molecule has 3 rings (SSSR count). The summed E-state index contributed by atoms with van der Waals surface area (Å²) >= 11 is 2.63. The van der Waals surface area contributed by atoms with Gasteiger partial charge in [0.05, 0.1) is 17.1 Å². The van der Waals surface area contributed by atoms with Crippen LogP contribution in [0.2, 0.25) is 0 Å². The van der Waals surface area contributed by atoms with Gasteiger partial charge in [-0.2, -0.15) is 5.26 Å². The third-order valence-corrected chi connectivity index (χ3v) is 4.59. The fourth-order valence-corrected chi connectivity index (χ4v) is 3.51. The molecular weight excluding hydrogens is 288 g/mol. The van der Waals surface area contributed by atoms with Crippen molar-refractivity contribution in [2.24, 2.45) is 0 Å². The zero-order valence-corrected chi connectivity index (χ0v) is 12.1. The van der Waals surface area contributed by atoms with E-state index in [0.717, 1.165) is 32.9 Å². The molecule has 0 saturated heterocycles. The molecule has 0 bridgehead atoms. The van der Waals surface area contributed by atoms with Gasteiger partial charge in [-0.05, 0) is 36.0 Å². The van der Waals surface area contributed by atoms with Gasteiger partial charge in [-0.25, -0.2) is 0 Å². The Labute approximate surface area is 125 Å². The van der Waals surface area contributed by atoms with Crippen LogP contribution in [0, 0.1) is 10.7 Å². The van der Waals surface area contributed by atoms with Gasteiger partial charge in [0.15, 0.2) is 0 Å². The first-order valence-corrected chi connectivity index (χ1v) is 7.81. The number of hydrogen-bond acceptors (Lipinski definition) is 4. The Morgan fingerprint density at radius 3 is 2.20 bits per heavy atom. The third-order valence-electron chi connectivity index (χ3n) is 2.94. The number of benzene rings is 2. The molecule has 0 N–H and O–H groups in total. The van der Waals surface area contributed by atoms with Crippen molar-refractivity contribution in [1.82, 2.24) is 0 Å². The number of nitrogens with zero attached hydrogens (tertiary/aromatic N) is 2. The highest BCUT2D eigenvalue weighted by molar-refractivity contribution is 8.04. The molecule has 0 saturated carbocycles. The average Bonchev–Trinajstić information content (AvgIpc) is 2.50. The predicted octanol–water partition coefficient (Wildman–Crippen LogP) is 4.03. The van der Waals surface area contributed by atoms with Crippen LogP contribution in [0.5, 0.6) is 0 Å². The molecule has 0 radical (unpaired) electrons. The molecule has 0 unspecified atom stereocenters. The zero-order valence-electron chi connectivity index (χ0n) is 10.4. The number of thiocyanates is 1. The molecule has 0 spiro atoms. The SMILES string of the molecule is N#CSCC(=O)N1c2ccccc2Sc2ccccc21. The van der Waals surface area contributed by atoms with Crippen molar-refractivity contribution in [3.8, 4) is 5.40 Å². The summed E-state index contributed by atoms with van der Waals surface area (Å²) in [6, 6.07) is 15.7. The summed E-state index contributed by atoms with van der Waals surface area (Å²) in [6.07, 6.45) is 0. The van der Waals surface area contributed by atoms with E-state index >= 15 is 0 Å². The van der Waals surface area contributed by atoms with E-state index in [4.69, 9.17) is 5.26 Å². The molecule has 1 heterocycles. The van der Waals surface area contributed by atoms with Crippen LogP contribution in [0.25, 0.3) is 0 Å². The maximum atomic E-state index is 12.4. The predicted molar refractivity (Wildman–Crippen MR) is 82.2 cm³/mol. The van der Waals surface area contributed by atoms with Crippen LogP contribution in [0.15, 0.2) is 58.3 Å². The summed E-state index contributed by atoms with van der Waals surface area (Å²) in [5, 5.41) is 10.6. The van der Waals surface area contributed by atoms with Gasteiger partial charge in [0.1, 0.15) is 5.40 Å². The smallest absolute Gasteiger partial charge is 0.242 e. The van der Waals surface area contributed by atoms with Gasteiger partial charge in [-0.3, -0.25) is 9.69 Å². The van der Waals surface area contributed by atoms with Crippen LogP contribution in [-0.2, 0) is 4.79 Å². The molecule has 98 valence electrons. The van der Waals surface area contributed by atoms with Gasteiger partial charge < -0.3 is 0 Å². The van der Waals surface area contributed by atoms with Crippen molar-refractivity contribution < 1.29 is 4.79 Å². The second kappa shape index (κ2) is 5.61. The number of nitriles is 1. The normalized spacial score (nSPS) is 12.2. The van der Waals surface area contributed by atoms with Gasteiger partial charge in [0.2, 0.25) is 5.91 Å². The average molecular weight is 298 g/mol. The maximum absolute atomic E-state index is 12.4. The van der Waals surface area contributed by atoms with Gasteiger partial charge in [0, 0.05) is 9.79 Å². The Morgan fingerprint density at radius 1 is 1.10 bits per heavy atom. The fourth-order valence-electron chi connectivity index (χ4n) is 2.13. The number of para-hydroxylation sites is 2. The fraction of sp³-hybridized carbons (Fsp3) is 0.0667. The number of fused-ring (bicyclic) bond motifs is 2. The molecule has 1 aliphatic heterocycles. The van der Waals surface area contributed by atoms with Crippen molar-refractivity contribution in [2.45, 2.75) is 9.79 Å². The van der Waals surface area contributed by atoms with Crippen LogP contribution in [0.1, 0.15) is 0 Å². The van der Waals surface area contributed by atoms with E-state index in [1.165, 1.54) is 0 Å². The molecule has 0 atom stereocenters. The van der Waals surface area contributed by atoms with Crippen LogP contribution < -0.4 is 4.90 Å². The van der Waals surface area contributed by atoms with E-state index in [1.807, 2.05) is 53.9 Å². The van der Waals surface area contributed by atoms with Crippen LogP contribution >= 0.6 is 23.5 Å². The van der Waals surface area contributed by atoms with Gasteiger partial charge in [-0.15, -0.1) is 0 Å². The number of rotatable bonds is 2. The summed E-state index contributed by atoms with van der Waals surface area (Å²) in [4.78, 5) is 16.3. The number of carbonyl (C=O) groups is 1. The van der Waals surface area contributed by atoms with E-state index < -0.39 is 0 Å². The van der Waals surface area contributed by atoms with Crippen molar-refractivity contribution in [2.75, 3.05) is 10.7 Å². The molecule has 2 aromatic carbocycles. The number of carbonyl (C=O) groups excluding carboxylic acids is 1. The molecule has 2 aromatic rings. The lowest BCUT2D eigenvalue weighted by molar-refractivity contribution is -0.115. The first-order valence-electron chi connectivity index (χ1n) is 6.01. The zero-order chi connectivity index (χ0) is 13.9. The summed E-state index contributed by atoms with van der Waals surface area (Å²) in [7, 11) is 0. The number of anilines is 2. The second-order valence-corrected chi connectivity index (χ2v) is 5.99. The number of thioether (sulfide) groups is 1. The third kappa shape index (κ3) is 2.28. The van der Waals surface area contributed by atoms with Gasteiger partial charge >= 0.3 is 0 Å². The molecule has 3 nitrogen and oxygen atoms in total. The van der Waals surface area contributed by atoms with Crippen molar-refractivity contribution >= 4 is 40.8 Å². The molecule has 1 amide bonds. The van der Waals surface area contributed by atoms with Crippen LogP contribution in [0.3, 0.4) is 0 Å². The van der Waals surface area contributed by atoms with E-state index in [0.29, 0.717) is 0 Å². The van der Waals surface area contributed by atoms with Gasteiger partial charge in [0.25, 0.3) is 0 Å². The first kappa shape index (κ1) is 13.1. The summed E-state index contributed by atoms with van der Waals surface area (Å²) in [5.74, 6) is 0.0841. The number of hydrogen-bond donors (Lipinski definition) is 0. The highest BCUT2D eigenvalue weighted by atomic mass is 32.2. The van der Waals surface area contributed by atoms with Crippen molar-refractivity contribution in [1.29, 1.82) is 5.26 Å². The lowest BCUT2D eigenvalue weighted by Gasteiger charge is -2.30. The molecule has 0 fully saturated rings. The molecule has 0 aliphatic carbocycles. The molecular formula is C15H10N2OS2. The lowest BCUT2D eigenvalue weighted by atomic mass is 10.2. The summed E-state index contributed by atoms with van der Waals surface area (Å²) in [6.45, 7) is 0. The minimum absolute atomic E-state index is 0.0725. The Kier molecular flexibility index (Phi) is 3.68. The molecule has 1 aliphatic rings. The van der Waals surface area contributed by atoms with Crippen molar-refractivity contribution in [3.05, 3.63) is 48.5 Å². The van der Waals surface area contributed by atoms with Crippen molar-refractivity contribution in [3.63, 3.8) is 0 Å². The summed E-state index contributed by atoms with van der Waals surface area (Å²) in [5.41, 5.74) is 1.78. The monoisotopic (exact) mass is 298 g/mol. The highest BCUT2D eigenvalue weighted by Crippen LogP contribution is 2.47. The Bertz CT molecular complexity index is 664. The molecule has 20 heavy (non-hydrogen) atoms. The van der Waals surface area contributed by atoms with Crippen LogP contribution in [-0.4, -0.2) is 11.7 Å². The second-order valence-electron chi connectivity index (χ2n) is 4.15. The Balaban J connectivity index is 2.08. The quantitative estimate of drug-likeness (QED) is 0.785. The standard InChI is InChI=1S/C15H10N2OS2/c16-10-19-9-15(18)17-11-5-1-3-7-13(11)20-14-8-4-2-6-12(14)17/h1-8H,9H2. The minimum Gasteiger partial charge on any atom is -0.278 e. The molecule has 0 aromatic heterocycles. The van der Waals surface area contributed by atoms with Crippen LogP contribution in [0.4, 0.5) is 11.4 Å². The largest absolute Gasteiger partial charge is 0.278 e. The van der Waals surface area contributed by atoms with E-state index in [2.05, 4.69) is 0 Å². The maximum Gasteiger partial charge on any atom is 0.242 e. The first-order chi connectivity index (χ1) is 9.81. The highest BCUT2D eigenvalue weighted by Gasteiger charge is 2.27. The Hall–Kier alpha value is -1.90. The Morgan fingerprint density at radius 2 is 1.65 bits per heavy atom. The van der Waals surface area contributed by atoms with Gasteiger partial charge in [-0.1, -0.05) is 36.0 Å². The number of amides is 1. The lowest BCUT2D eigenvalue weighted by Crippen LogP contribution is -2.29. The van der Waals surface area contributed by atoms with E-state index in [9.17, 15) is 4.79 Å². The summed E-state index contributed by atoms with van der Waals surface area (Å²) < 4.78 is 0. The molecule has 5 heteroatoms. The van der Waals surface area contributed by atoms with E-state index in [1.54, 1.807) is 16.7 Å². The topological polar surface area (TPSA) is 44.1 Å². The van der Waals surface area contributed by atoms with E-state index in [-0.39, 0.29) is 11.7 Å².